The molecule has 0 radical (unpaired) electrons. The third kappa shape index (κ3) is 3.65. The molecule has 0 saturated carbocycles. The van der Waals surface area contributed by atoms with E-state index in [2.05, 4.69) is 67.9 Å². The lowest BCUT2D eigenvalue weighted by atomic mass is 9.79. The Kier molecular flexibility index (Phi) is 4.33. The number of aromatic nitrogens is 7. The largest absolute Gasteiger partial charge is 0.506 e. The average molecular weight is 419 g/mol. The Morgan fingerprint density at radius 3 is 2.45 bits per heavy atom. The number of nitrogens with one attached hydrogen (secondary N) is 2. The SMILES string of the molecule is CC1(C)CC(n2cnc3cc(-c4ncc(-c5cn[nH]c5)cc4O)nnc32)CC(C)(C)N1. The highest BCUT2D eigenvalue weighted by Gasteiger charge is 2.38. The number of rotatable bonds is 3. The van der Waals surface area contributed by atoms with Crippen LogP contribution in [0.1, 0.15) is 46.6 Å². The number of piperidine rings is 1. The van der Waals surface area contributed by atoms with Gasteiger partial charge in [-0.3, -0.25) is 5.10 Å². The Labute approximate surface area is 180 Å². The van der Waals surface area contributed by atoms with E-state index in [-0.39, 0.29) is 22.9 Å². The maximum absolute atomic E-state index is 10.5. The van der Waals surface area contributed by atoms with Crippen LogP contribution in [0.3, 0.4) is 0 Å². The number of pyridine rings is 1. The summed E-state index contributed by atoms with van der Waals surface area (Å²) in [6, 6.07) is 3.75. The molecule has 9 heteroatoms. The summed E-state index contributed by atoms with van der Waals surface area (Å²) in [7, 11) is 0. The normalized spacial score (nSPS) is 18.5. The molecule has 1 fully saturated rings. The fourth-order valence-corrected chi connectivity index (χ4v) is 4.90. The lowest BCUT2D eigenvalue weighted by Gasteiger charge is -2.46. The van der Waals surface area contributed by atoms with E-state index in [4.69, 9.17) is 0 Å². The van der Waals surface area contributed by atoms with E-state index in [0.717, 1.165) is 35.1 Å². The highest BCUT2D eigenvalue weighted by atomic mass is 16.3. The minimum atomic E-state index is 0.0167. The molecule has 1 aliphatic rings. The molecular formula is C22H26N8O. The van der Waals surface area contributed by atoms with Gasteiger partial charge in [0.15, 0.2) is 5.65 Å². The summed E-state index contributed by atoms with van der Waals surface area (Å²) in [5.41, 5.74) is 3.99. The molecule has 0 spiro atoms. The highest BCUT2D eigenvalue weighted by Crippen LogP contribution is 2.37. The van der Waals surface area contributed by atoms with Crippen LogP contribution in [0, 0.1) is 0 Å². The molecule has 4 aromatic heterocycles. The van der Waals surface area contributed by atoms with Gasteiger partial charge in [-0.2, -0.15) is 5.10 Å². The zero-order valence-electron chi connectivity index (χ0n) is 18.1. The highest BCUT2D eigenvalue weighted by molar-refractivity contribution is 5.77. The number of aromatic amines is 1. The van der Waals surface area contributed by atoms with Gasteiger partial charge in [-0.05, 0) is 52.7 Å². The second-order valence-corrected chi connectivity index (χ2v) is 9.62. The number of imidazole rings is 1. The number of aromatic hydroxyl groups is 1. The van der Waals surface area contributed by atoms with Gasteiger partial charge in [0.25, 0.3) is 0 Å². The van der Waals surface area contributed by atoms with Crippen molar-refractivity contribution in [2.75, 3.05) is 0 Å². The van der Waals surface area contributed by atoms with Gasteiger partial charge < -0.3 is 15.0 Å². The smallest absolute Gasteiger partial charge is 0.182 e. The molecule has 0 bridgehead atoms. The number of hydrogen-bond acceptors (Lipinski definition) is 7. The summed E-state index contributed by atoms with van der Waals surface area (Å²) in [6.07, 6.45) is 8.91. The fraction of sp³-hybridized carbons (Fsp3) is 0.409. The molecule has 9 nitrogen and oxygen atoms in total. The maximum Gasteiger partial charge on any atom is 0.182 e. The van der Waals surface area contributed by atoms with E-state index in [1.54, 1.807) is 24.7 Å². The third-order valence-electron chi connectivity index (χ3n) is 5.82. The first-order valence-corrected chi connectivity index (χ1v) is 10.4. The Bertz CT molecular complexity index is 1230. The molecule has 0 unspecified atom stereocenters. The fourth-order valence-electron chi connectivity index (χ4n) is 4.90. The number of hydrogen-bond donors (Lipinski definition) is 3. The van der Waals surface area contributed by atoms with E-state index in [1.807, 2.05) is 12.4 Å². The van der Waals surface area contributed by atoms with Crippen molar-refractivity contribution >= 4 is 11.2 Å². The quantitative estimate of drug-likeness (QED) is 0.466. The first-order valence-electron chi connectivity index (χ1n) is 10.4. The van der Waals surface area contributed by atoms with Gasteiger partial charge >= 0.3 is 0 Å². The van der Waals surface area contributed by atoms with Gasteiger partial charge in [-0.15, -0.1) is 10.2 Å². The van der Waals surface area contributed by atoms with Crippen LogP contribution in [-0.4, -0.2) is 51.1 Å². The molecule has 3 N–H and O–H groups in total. The molecule has 0 aliphatic carbocycles. The van der Waals surface area contributed by atoms with Gasteiger partial charge in [-0.1, -0.05) is 0 Å². The summed E-state index contributed by atoms with van der Waals surface area (Å²) < 4.78 is 2.13. The zero-order valence-corrected chi connectivity index (χ0v) is 18.1. The van der Waals surface area contributed by atoms with Crippen molar-refractivity contribution in [2.24, 2.45) is 0 Å². The van der Waals surface area contributed by atoms with Crippen LogP contribution < -0.4 is 5.32 Å². The zero-order chi connectivity index (χ0) is 21.8. The Balaban J connectivity index is 1.49. The van der Waals surface area contributed by atoms with E-state index in [9.17, 15) is 5.11 Å². The lowest BCUT2D eigenvalue weighted by molar-refractivity contribution is 0.134. The van der Waals surface area contributed by atoms with Gasteiger partial charge in [0, 0.05) is 40.6 Å². The van der Waals surface area contributed by atoms with Crippen molar-refractivity contribution in [2.45, 2.75) is 57.7 Å². The van der Waals surface area contributed by atoms with E-state index in [1.165, 1.54) is 0 Å². The summed E-state index contributed by atoms with van der Waals surface area (Å²) in [4.78, 5) is 8.99. The molecule has 4 aromatic rings. The van der Waals surface area contributed by atoms with Crippen LogP contribution >= 0.6 is 0 Å². The Morgan fingerprint density at radius 2 is 1.77 bits per heavy atom. The van der Waals surface area contributed by atoms with Crippen LogP contribution in [0.2, 0.25) is 0 Å². The van der Waals surface area contributed by atoms with Crippen LogP contribution in [0.25, 0.3) is 33.7 Å². The number of fused-ring (bicyclic) bond motifs is 1. The topological polar surface area (TPSA) is 117 Å². The number of H-pyrrole nitrogens is 1. The molecule has 0 atom stereocenters. The van der Waals surface area contributed by atoms with Crippen LogP contribution in [-0.2, 0) is 0 Å². The lowest BCUT2D eigenvalue weighted by Crippen LogP contribution is -2.57. The van der Waals surface area contributed by atoms with E-state index < -0.39 is 0 Å². The molecule has 160 valence electrons. The summed E-state index contributed by atoms with van der Waals surface area (Å²) >= 11 is 0. The predicted octanol–water partition coefficient (Wildman–Crippen LogP) is 3.47. The van der Waals surface area contributed by atoms with Crippen LogP contribution in [0.5, 0.6) is 5.75 Å². The van der Waals surface area contributed by atoms with Crippen molar-refractivity contribution < 1.29 is 5.11 Å². The minimum Gasteiger partial charge on any atom is -0.506 e. The van der Waals surface area contributed by atoms with Gasteiger partial charge in [-0.25, -0.2) is 9.97 Å². The first-order chi connectivity index (χ1) is 14.7. The predicted molar refractivity (Wildman–Crippen MR) is 117 cm³/mol. The second-order valence-electron chi connectivity index (χ2n) is 9.62. The van der Waals surface area contributed by atoms with Crippen molar-refractivity contribution in [3.05, 3.63) is 37.1 Å². The van der Waals surface area contributed by atoms with Crippen LogP contribution in [0.15, 0.2) is 37.1 Å². The summed E-state index contributed by atoms with van der Waals surface area (Å²) in [6.45, 7) is 8.91. The Morgan fingerprint density at radius 1 is 1.00 bits per heavy atom. The average Bonchev–Trinajstić information content (AvgIpc) is 3.35. The van der Waals surface area contributed by atoms with Crippen molar-refractivity contribution in [1.29, 1.82) is 0 Å². The van der Waals surface area contributed by atoms with E-state index >= 15 is 0 Å². The molecule has 1 aliphatic heterocycles. The molecule has 5 rings (SSSR count). The van der Waals surface area contributed by atoms with Crippen molar-refractivity contribution in [3.8, 4) is 28.3 Å². The molecular weight excluding hydrogens is 392 g/mol. The third-order valence-corrected chi connectivity index (χ3v) is 5.82. The summed E-state index contributed by atoms with van der Waals surface area (Å²) in [5, 5.41) is 29.8. The first kappa shape index (κ1) is 19.6. The number of nitrogens with zero attached hydrogens (tertiary/aromatic N) is 6. The molecule has 31 heavy (non-hydrogen) atoms. The van der Waals surface area contributed by atoms with Crippen molar-refractivity contribution in [3.63, 3.8) is 0 Å². The molecule has 0 aromatic carbocycles. The van der Waals surface area contributed by atoms with Crippen molar-refractivity contribution in [1.82, 2.24) is 40.2 Å². The monoisotopic (exact) mass is 418 g/mol. The molecule has 1 saturated heterocycles. The Hall–Kier alpha value is -3.33. The second kappa shape index (κ2) is 6.84. The standard InChI is InChI=1S/C22H26N8O/c1-21(2)7-15(8-22(3,4)29-21)30-12-24-17-6-16(27-28-20(17)30)19-18(31)5-13(9-23-19)14-10-25-26-11-14/h5-6,9-12,15,29,31H,7-8H2,1-4H3,(H,25,26). The van der Waals surface area contributed by atoms with Gasteiger partial charge in [0.05, 0.1) is 12.5 Å². The van der Waals surface area contributed by atoms with Crippen LogP contribution in [0.4, 0.5) is 0 Å². The molecule has 5 heterocycles. The maximum atomic E-state index is 10.5. The van der Waals surface area contributed by atoms with E-state index in [0.29, 0.717) is 11.4 Å². The molecule has 0 amide bonds. The summed E-state index contributed by atoms with van der Waals surface area (Å²) in [5.74, 6) is 0.0358. The minimum absolute atomic E-state index is 0.0167. The van der Waals surface area contributed by atoms with Gasteiger partial charge in [0.2, 0.25) is 0 Å². The van der Waals surface area contributed by atoms with Gasteiger partial charge in [0.1, 0.15) is 22.7 Å².